The predicted molar refractivity (Wildman–Crippen MR) is 103 cm³/mol. The number of nitrogens with zero attached hydrogens (tertiary/aromatic N) is 1. The van der Waals surface area contributed by atoms with Gasteiger partial charge >= 0.3 is 0 Å². The van der Waals surface area contributed by atoms with Crippen molar-refractivity contribution >= 4 is 22.5 Å². The molecule has 3 heteroatoms. The van der Waals surface area contributed by atoms with Gasteiger partial charge in [-0.15, -0.1) is 0 Å². The highest BCUT2D eigenvalue weighted by molar-refractivity contribution is 6.91. The molecule has 118 valence electrons. The molecule has 0 bridgehead atoms. The van der Waals surface area contributed by atoms with Gasteiger partial charge in [-0.3, -0.25) is 0 Å². The van der Waals surface area contributed by atoms with Crippen molar-refractivity contribution < 1.29 is 0 Å². The van der Waals surface area contributed by atoms with Crippen LogP contribution in [0.4, 0.5) is 0 Å². The summed E-state index contributed by atoms with van der Waals surface area (Å²) in [6.45, 7) is 24.6. The van der Waals surface area contributed by atoms with Crippen molar-refractivity contribution in [1.82, 2.24) is 4.23 Å². The van der Waals surface area contributed by atoms with E-state index in [2.05, 4.69) is 88.6 Å². The summed E-state index contributed by atoms with van der Waals surface area (Å²) in [6.07, 6.45) is 1.91. The molecule has 21 heavy (non-hydrogen) atoms. The van der Waals surface area contributed by atoms with Crippen LogP contribution in [-0.2, 0) is 6.54 Å². The van der Waals surface area contributed by atoms with E-state index in [1.807, 2.05) is 6.08 Å². The molecule has 0 aliphatic carbocycles. The van der Waals surface area contributed by atoms with Crippen molar-refractivity contribution in [3.63, 3.8) is 0 Å². The van der Waals surface area contributed by atoms with Crippen molar-refractivity contribution in [3.8, 4) is 0 Å². The first-order valence-corrected chi connectivity index (χ1v) is 14.3. The maximum atomic E-state index is 3.84. The maximum absolute atomic E-state index is 3.84. The lowest BCUT2D eigenvalue weighted by Crippen LogP contribution is -2.63. The summed E-state index contributed by atoms with van der Waals surface area (Å²) < 4.78 is 2.89. The lowest BCUT2D eigenvalue weighted by atomic mass is 10.1. The van der Waals surface area contributed by atoms with Crippen LogP contribution in [0.15, 0.2) is 30.8 Å². The van der Waals surface area contributed by atoms with Crippen LogP contribution < -0.4 is 0 Å². The van der Waals surface area contributed by atoms with Gasteiger partial charge in [-0.2, -0.15) is 0 Å². The zero-order chi connectivity index (χ0) is 16.5. The second-order valence-electron chi connectivity index (χ2n) is 8.51. The fourth-order valence-corrected chi connectivity index (χ4v) is 12.4. The Morgan fingerprint density at radius 1 is 1.00 bits per heavy atom. The Balaban J connectivity index is 3.13. The standard InChI is InChI=1S/C18H33NSi2/c1-10-16-11-13-17(14-12-16)15-19(20(5,6)7)21(8,9)18(2,3)4/h10-14H,1,15H2,2-9H3. The van der Waals surface area contributed by atoms with E-state index < -0.39 is 16.5 Å². The van der Waals surface area contributed by atoms with Crippen LogP contribution in [0, 0.1) is 0 Å². The van der Waals surface area contributed by atoms with E-state index in [4.69, 9.17) is 0 Å². The third-order valence-electron chi connectivity index (χ3n) is 4.88. The lowest BCUT2D eigenvalue weighted by Gasteiger charge is -2.52. The van der Waals surface area contributed by atoms with Gasteiger partial charge in [0.05, 0.1) is 0 Å². The molecule has 1 nitrogen and oxygen atoms in total. The number of hydrogen-bond acceptors (Lipinski definition) is 1. The van der Waals surface area contributed by atoms with Crippen LogP contribution in [-0.4, -0.2) is 20.7 Å². The number of rotatable bonds is 5. The zero-order valence-corrected chi connectivity index (χ0v) is 17.2. The van der Waals surface area contributed by atoms with Crippen molar-refractivity contribution in [2.45, 2.75) is 65.1 Å². The zero-order valence-electron chi connectivity index (χ0n) is 15.2. The minimum absolute atomic E-state index is 0.383. The summed E-state index contributed by atoms with van der Waals surface area (Å²) in [5, 5.41) is 0.383. The average Bonchev–Trinajstić information content (AvgIpc) is 2.33. The summed E-state index contributed by atoms with van der Waals surface area (Å²) in [5.74, 6) is 0. The molecular weight excluding hydrogens is 286 g/mol. The molecule has 0 saturated heterocycles. The molecule has 0 N–H and O–H groups in total. The van der Waals surface area contributed by atoms with Crippen LogP contribution in [0.3, 0.4) is 0 Å². The fraction of sp³-hybridized carbons (Fsp3) is 0.556. The highest BCUT2D eigenvalue weighted by atomic mass is 28.4. The number of benzene rings is 1. The van der Waals surface area contributed by atoms with E-state index in [1.54, 1.807) is 0 Å². The molecule has 0 spiro atoms. The predicted octanol–water partition coefficient (Wildman–Crippen LogP) is 5.97. The molecule has 0 heterocycles. The quantitative estimate of drug-likeness (QED) is 0.604. The molecular formula is C18H33NSi2. The van der Waals surface area contributed by atoms with E-state index >= 15 is 0 Å². The molecule has 0 aliphatic heterocycles. The highest BCUT2D eigenvalue weighted by Crippen LogP contribution is 2.41. The lowest BCUT2D eigenvalue weighted by molar-refractivity contribution is 0.547. The molecule has 0 aliphatic rings. The largest absolute Gasteiger partial charge is 0.342 e. The monoisotopic (exact) mass is 319 g/mol. The van der Waals surface area contributed by atoms with E-state index in [0.29, 0.717) is 5.04 Å². The van der Waals surface area contributed by atoms with Gasteiger partial charge in [0.1, 0.15) is 16.5 Å². The Morgan fingerprint density at radius 3 is 1.81 bits per heavy atom. The molecule has 0 radical (unpaired) electrons. The first-order chi connectivity index (χ1) is 9.39. The Morgan fingerprint density at radius 2 is 1.48 bits per heavy atom. The van der Waals surface area contributed by atoms with E-state index in [-0.39, 0.29) is 0 Å². The van der Waals surface area contributed by atoms with E-state index in [0.717, 1.165) is 6.54 Å². The molecule has 1 rings (SSSR count). The van der Waals surface area contributed by atoms with Gasteiger partial charge in [-0.25, -0.2) is 0 Å². The van der Waals surface area contributed by atoms with Crippen molar-refractivity contribution in [2.24, 2.45) is 0 Å². The second kappa shape index (κ2) is 6.23. The highest BCUT2D eigenvalue weighted by Gasteiger charge is 2.45. The minimum Gasteiger partial charge on any atom is -0.342 e. The molecule has 0 atom stereocenters. The van der Waals surface area contributed by atoms with E-state index in [9.17, 15) is 0 Å². The minimum atomic E-state index is -1.50. The summed E-state index contributed by atoms with van der Waals surface area (Å²) in [4.78, 5) is 0. The topological polar surface area (TPSA) is 3.24 Å². The Bertz CT molecular complexity index is 475. The van der Waals surface area contributed by atoms with Crippen LogP contribution in [0.2, 0.25) is 37.8 Å². The smallest absolute Gasteiger partial charge is 0.121 e. The molecule has 0 fully saturated rings. The SMILES string of the molecule is C=Cc1ccc(CN([Si](C)(C)C)[Si](C)(C)C(C)(C)C)cc1. The normalized spacial score (nSPS) is 13.6. The second-order valence-corrected chi connectivity index (χ2v) is 19.0. The van der Waals surface area contributed by atoms with Gasteiger partial charge in [-0.1, -0.05) is 90.4 Å². The van der Waals surface area contributed by atoms with Gasteiger partial charge in [0.15, 0.2) is 0 Å². The summed E-state index contributed by atoms with van der Waals surface area (Å²) >= 11 is 0. The average molecular weight is 320 g/mol. The Hall–Kier alpha value is -0.646. The molecule has 1 aromatic rings. The van der Waals surface area contributed by atoms with Crippen LogP contribution in [0.5, 0.6) is 0 Å². The Kier molecular flexibility index (Phi) is 5.46. The van der Waals surface area contributed by atoms with Crippen LogP contribution in [0.1, 0.15) is 31.9 Å². The van der Waals surface area contributed by atoms with Crippen LogP contribution >= 0.6 is 0 Å². The maximum Gasteiger partial charge on any atom is 0.121 e. The molecule has 1 aromatic carbocycles. The molecule has 0 unspecified atom stereocenters. The van der Waals surface area contributed by atoms with Crippen molar-refractivity contribution in [1.29, 1.82) is 0 Å². The van der Waals surface area contributed by atoms with Gasteiger partial charge in [0.25, 0.3) is 0 Å². The molecule has 0 saturated carbocycles. The van der Waals surface area contributed by atoms with Gasteiger partial charge in [-0.05, 0) is 16.2 Å². The van der Waals surface area contributed by atoms with Gasteiger partial charge < -0.3 is 4.23 Å². The van der Waals surface area contributed by atoms with Gasteiger partial charge in [0, 0.05) is 6.54 Å². The Labute approximate surface area is 134 Å². The molecule has 0 aromatic heterocycles. The van der Waals surface area contributed by atoms with Gasteiger partial charge in [0.2, 0.25) is 0 Å². The first kappa shape index (κ1) is 18.4. The van der Waals surface area contributed by atoms with Crippen molar-refractivity contribution in [3.05, 3.63) is 42.0 Å². The first-order valence-electron chi connectivity index (χ1n) is 7.89. The summed E-state index contributed by atoms with van der Waals surface area (Å²) in [7, 11) is -2.86. The molecule has 0 amide bonds. The third-order valence-corrected chi connectivity index (χ3v) is 15.5. The number of hydrogen-bond donors (Lipinski definition) is 0. The van der Waals surface area contributed by atoms with E-state index in [1.165, 1.54) is 11.1 Å². The van der Waals surface area contributed by atoms with Crippen LogP contribution in [0.25, 0.3) is 6.08 Å². The fourth-order valence-electron chi connectivity index (χ4n) is 2.62. The third kappa shape index (κ3) is 4.41. The van der Waals surface area contributed by atoms with Crippen molar-refractivity contribution in [2.75, 3.05) is 0 Å². The summed E-state index contributed by atoms with van der Waals surface area (Å²) in [5.41, 5.74) is 2.62. The summed E-state index contributed by atoms with van der Waals surface area (Å²) in [6, 6.07) is 8.88.